The van der Waals surface area contributed by atoms with Crippen LogP contribution in [0.2, 0.25) is 0 Å². The fraction of sp³-hybridized carbons (Fsp3) is 0.138. The van der Waals surface area contributed by atoms with Crippen LogP contribution in [0.4, 0.5) is 0 Å². The summed E-state index contributed by atoms with van der Waals surface area (Å²) in [5, 5.41) is 13.1. The van der Waals surface area contributed by atoms with E-state index in [1.54, 1.807) is 27.2 Å². The lowest BCUT2D eigenvalue weighted by Gasteiger charge is -2.25. The molecule has 0 unspecified atom stereocenters. The Balaban J connectivity index is 1.53. The predicted octanol–water partition coefficient (Wildman–Crippen LogP) is 5.92. The van der Waals surface area contributed by atoms with Crippen LogP contribution >= 0.6 is 0 Å². The van der Waals surface area contributed by atoms with E-state index < -0.39 is 0 Å². The second-order valence-corrected chi connectivity index (χ2v) is 7.54. The van der Waals surface area contributed by atoms with Crippen molar-refractivity contribution in [2.24, 2.45) is 5.16 Å². The molecule has 0 spiro atoms. The molecule has 0 aromatic heterocycles. The van der Waals surface area contributed by atoms with Gasteiger partial charge in [0.25, 0.3) is 0 Å². The number of rotatable bonds is 7. The average Bonchev–Trinajstić information content (AvgIpc) is 2.90. The van der Waals surface area contributed by atoms with Gasteiger partial charge in [-0.15, -0.1) is 5.92 Å². The summed E-state index contributed by atoms with van der Waals surface area (Å²) >= 11 is 0. The standard InChI is InChI=1S/C29H25NO5/c1-4-7-25(29-28(30-31)27(35-29)18-20-10-14-23(32-2)15-11-20)21-12-16-24(17-13-21)34-19-22-8-5-6-9-26(22)33-3/h5-6,8-18,31H,19H2,1-3H3/b27-18-,29-25-,30-28+. The van der Waals surface area contributed by atoms with E-state index in [-0.39, 0.29) is 0 Å². The number of hydrogen-bond acceptors (Lipinski definition) is 6. The van der Waals surface area contributed by atoms with Crippen molar-refractivity contribution < 1.29 is 24.2 Å². The lowest BCUT2D eigenvalue weighted by molar-refractivity contribution is 0.276. The summed E-state index contributed by atoms with van der Waals surface area (Å²) in [4.78, 5) is 0. The molecule has 3 aromatic rings. The second kappa shape index (κ2) is 11.0. The van der Waals surface area contributed by atoms with Crippen molar-refractivity contribution in [2.45, 2.75) is 13.5 Å². The first-order valence-corrected chi connectivity index (χ1v) is 11.0. The Bertz CT molecular complexity index is 1340. The van der Waals surface area contributed by atoms with Gasteiger partial charge in [0.2, 0.25) is 0 Å². The van der Waals surface area contributed by atoms with Gasteiger partial charge in [0.15, 0.2) is 17.2 Å². The fourth-order valence-corrected chi connectivity index (χ4v) is 3.57. The maximum Gasteiger partial charge on any atom is 0.188 e. The van der Waals surface area contributed by atoms with Crippen molar-refractivity contribution in [3.63, 3.8) is 0 Å². The molecular weight excluding hydrogens is 442 g/mol. The van der Waals surface area contributed by atoms with E-state index in [2.05, 4.69) is 17.0 Å². The van der Waals surface area contributed by atoms with Gasteiger partial charge in [0.1, 0.15) is 23.9 Å². The van der Waals surface area contributed by atoms with Crippen LogP contribution in [-0.2, 0) is 11.3 Å². The number of hydrogen-bond donors (Lipinski definition) is 1. The summed E-state index contributed by atoms with van der Waals surface area (Å²) in [6.07, 6.45) is 1.80. The Morgan fingerprint density at radius 2 is 1.66 bits per heavy atom. The molecule has 1 aliphatic rings. The van der Waals surface area contributed by atoms with Crippen molar-refractivity contribution in [1.82, 2.24) is 0 Å². The summed E-state index contributed by atoms with van der Waals surface area (Å²) in [6, 6.07) is 22.7. The smallest absolute Gasteiger partial charge is 0.188 e. The molecule has 3 aromatic carbocycles. The molecule has 4 rings (SSSR count). The van der Waals surface area contributed by atoms with Gasteiger partial charge in [0, 0.05) is 5.56 Å². The Hall–Kier alpha value is -4.63. The van der Waals surface area contributed by atoms with Crippen LogP contribution in [-0.4, -0.2) is 25.1 Å². The molecule has 6 nitrogen and oxygen atoms in total. The van der Waals surface area contributed by atoms with Gasteiger partial charge in [0.05, 0.1) is 19.8 Å². The minimum atomic E-state index is 0.343. The predicted molar refractivity (Wildman–Crippen MR) is 135 cm³/mol. The Morgan fingerprint density at radius 1 is 0.943 bits per heavy atom. The zero-order valence-electron chi connectivity index (χ0n) is 19.7. The molecule has 35 heavy (non-hydrogen) atoms. The quantitative estimate of drug-likeness (QED) is 0.265. The van der Waals surface area contributed by atoms with E-state index in [4.69, 9.17) is 18.9 Å². The highest BCUT2D eigenvalue weighted by Gasteiger charge is 2.32. The molecule has 176 valence electrons. The minimum Gasteiger partial charge on any atom is -0.497 e. The van der Waals surface area contributed by atoms with Crippen molar-refractivity contribution in [3.8, 4) is 29.1 Å². The second-order valence-electron chi connectivity index (χ2n) is 7.54. The van der Waals surface area contributed by atoms with Crippen molar-refractivity contribution >= 4 is 17.4 Å². The summed E-state index contributed by atoms with van der Waals surface area (Å²) in [5.41, 5.74) is 3.64. The van der Waals surface area contributed by atoms with E-state index in [0.717, 1.165) is 28.2 Å². The first-order valence-electron chi connectivity index (χ1n) is 11.0. The Morgan fingerprint density at radius 3 is 2.31 bits per heavy atom. The van der Waals surface area contributed by atoms with Crippen molar-refractivity contribution in [2.75, 3.05) is 14.2 Å². The number of methoxy groups -OCH3 is 2. The molecule has 1 saturated heterocycles. The molecule has 0 saturated carbocycles. The molecule has 6 heteroatoms. The van der Waals surface area contributed by atoms with Gasteiger partial charge in [-0.05, 0) is 66.6 Å². The molecule has 0 bridgehead atoms. The van der Waals surface area contributed by atoms with Gasteiger partial charge in [-0.1, -0.05) is 41.4 Å². The van der Waals surface area contributed by atoms with Gasteiger partial charge >= 0.3 is 0 Å². The average molecular weight is 468 g/mol. The first kappa shape index (κ1) is 23.5. The van der Waals surface area contributed by atoms with E-state index in [1.165, 1.54) is 0 Å². The third-order valence-electron chi connectivity index (χ3n) is 5.38. The molecule has 0 radical (unpaired) electrons. The summed E-state index contributed by atoms with van der Waals surface area (Å²) in [7, 11) is 3.26. The van der Waals surface area contributed by atoms with Crippen molar-refractivity contribution in [1.29, 1.82) is 0 Å². The van der Waals surface area contributed by atoms with Crippen LogP contribution in [0, 0.1) is 11.8 Å². The number of ether oxygens (including phenoxy) is 4. The Kier molecular flexibility index (Phi) is 7.39. The number of nitrogens with zero attached hydrogens (tertiary/aromatic N) is 1. The van der Waals surface area contributed by atoms with Gasteiger partial charge in [-0.2, -0.15) is 0 Å². The van der Waals surface area contributed by atoms with E-state index in [1.807, 2.05) is 72.8 Å². The van der Waals surface area contributed by atoms with Crippen LogP contribution in [0.1, 0.15) is 23.6 Å². The SMILES string of the molecule is CC#C/C(=C1/OC(=C\c2ccc(OC)cc2)/C1=N\O)c1ccc(OCc2ccccc2OC)cc1. The van der Waals surface area contributed by atoms with E-state index in [9.17, 15) is 5.21 Å². The lowest BCUT2D eigenvalue weighted by Crippen LogP contribution is -2.24. The molecule has 1 N–H and O–H groups in total. The van der Waals surface area contributed by atoms with E-state index in [0.29, 0.717) is 35.2 Å². The molecule has 0 aliphatic carbocycles. The van der Waals surface area contributed by atoms with Crippen LogP contribution < -0.4 is 14.2 Å². The minimum absolute atomic E-state index is 0.343. The monoisotopic (exact) mass is 467 g/mol. The summed E-state index contributed by atoms with van der Waals surface area (Å²) < 4.78 is 22.4. The molecular formula is C29H25NO5. The fourth-order valence-electron chi connectivity index (χ4n) is 3.57. The van der Waals surface area contributed by atoms with Crippen LogP contribution in [0.15, 0.2) is 89.5 Å². The van der Waals surface area contributed by atoms with Crippen LogP contribution in [0.5, 0.6) is 17.2 Å². The maximum absolute atomic E-state index is 9.65. The number of oxime groups is 1. The van der Waals surface area contributed by atoms with Gasteiger partial charge in [-0.25, -0.2) is 0 Å². The zero-order valence-corrected chi connectivity index (χ0v) is 19.7. The molecule has 1 heterocycles. The largest absolute Gasteiger partial charge is 0.497 e. The van der Waals surface area contributed by atoms with E-state index >= 15 is 0 Å². The highest BCUT2D eigenvalue weighted by molar-refractivity contribution is 6.22. The molecule has 1 fully saturated rings. The number of para-hydroxylation sites is 1. The van der Waals surface area contributed by atoms with Crippen LogP contribution in [0.3, 0.4) is 0 Å². The Labute approximate surface area is 204 Å². The normalized spacial score (nSPS) is 16.0. The first-order chi connectivity index (χ1) is 17.2. The third kappa shape index (κ3) is 5.31. The lowest BCUT2D eigenvalue weighted by atomic mass is 9.98. The summed E-state index contributed by atoms with van der Waals surface area (Å²) in [6.45, 7) is 2.13. The molecule has 0 amide bonds. The van der Waals surface area contributed by atoms with Gasteiger partial charge in [-0.3, -0.25) is 0 Å². The summed E-state index contributed by atoms with van der Waals surface area (Å²) in [5.74, 6) is 9.10. The van der Waals surface area contributed by atoms with Crippen molar-refractivity contribution in [3.05, 3.63) is 101 Å². The zero-order chi connectivity index (χ0) is 24.6. The topological polar surface area (TPSA) is 69.5 Å². The highest BCUT2D eigenvalue weighted by atomic mass is 16.5. The molecule has 1 aliphatic heterocycles. The highest BCUT2D eigenvalue weighted by Crippen LogP contribution is 2.35. The number of benzene rings is 3. The van der Waals surface area contributed by atoms with Crippen LogP contribution in [0.25, 0.3) is 11.6 Å². The maximum atomic E-state index is 9.65. The number of allylic oxidation sites excluding steroid dienone is 1. The third-order valence-corrected chi connectivity index (χ3v) is 5.38. The molecule has 0 atom stereocenters. The van der Waals surface area contributed by atoms with Gasteiger partial charge < -0.3 is 24.2 Å².